The fourth-order valence-electron chi connectivity index (χ4n) is 3.21. The summed E-state index contributed by atoms with van der Waals surface area (Å²) in [5.74, 6) is 7.06. The first kappa shape index (κ1) is 12.3. The molecule has 0 radical (unpaired) electrons. The molecule has 1 fully saturated rings. The van der Waals surface area contributed by atoms with Gasteiger partial charge in [0.25, 0.3) is 0 Å². The molecule has 3 rings (SSSR count). The van der Waals surface area contributed by atoms with Gasteiger partial charge in [0.2, 0.25) is 0 Å². The molecule has 0 nitrogen and oxygen atoms in total. The quantitative estimate of drug-likeness (QED) is 0.330. The molecule has 0 aromatic rings. The van der Waals surface area contributed by atoms with Gasteiger partial charge < -0.3 is 0 Å². The van der Waals surface area contributed by atoms with Crippen molar-refractivity contribution in [2.24, 2.45) is 10.8 Å². The van der Waals surface area contributed by atoms with Crippen molar-refractivity contribution in [3.63, 3.8) is 0 Å². The highest BCUT2D eigenvalue weighted by Gasteiger charge is 2.62. The lowest BCUT2D eigenvalue weighted by atomic mass is 9.89. The first-order valence-electron chi connectivity index (χ1n) is 7.19. The van der Waals surface area contributed by atoms with E-state index in [0.29, 0.717) is 5.41 Å². The summed E-state index contributed by atoms with van der Waals surface area (Å²) in [7, 11) is 0. The van der Waals surface area contributed by atoms with Crippen LogP contribution in [0.1, 0.15) is 39.0 Å². The van der Waals surface area contributed by atoms with Gasteiger partial charge in [0, 0.05) is 17.4 Å². The van der Waals surface area contributed by atoms with Gasteiger partial charge >= 0.3 is 0 Å². The van der Waals surface area contributed by atoms with Crippen LogP contribution in [-0.4, -0.2) is 0 Å². The molecular formula is C19H20. The normalized spacial score (nSPS) is 39.7. The smallest absolute Gasteiger partial charge is 0.0384 e. The maximum absolute atomic E-state index is 3.62. The Bertz CT molecular complexity index is 581. The highest BCUT2D eigenvalue weighted by atomic mass is 14.6. The maximum Gasteiger partial charge on any atom is 0.0384 e. The molecule has 19 heavy (non-hydrogen) atoms. The lowest BCUT2D eigenvalue weighted by Gasteiger charge is -2.13. The van der Waals surface area contributed by atoms with E-state index in [0.717, 1.165) is 6.42 Å². The highest BCUT2D eigenvalue weighted by molar-refractivity contribution is 5.40. The van der Waals surface area contributed by atoms with Crippen LogP contribution in [-0.2, 0) is 0 Å². The molecule has 1 saturated carbocycles. The summed E-state index contributed by atoms with van der Waals surface area (Å²) in [4.78, 5) is 0. The summed E-state index contributed by atoms with van der Waals surface area (Å²) in [5, 5.41) is 0. The number of allylic oxidation sites excluding steroid dienone is 7. The Morgan fingerprint density at radius 2 is 2.21 bits per heavy atom. The summed E-state index contributed by atoms with van der Waals surface area (Å²) in [6.45, 7) is 2.40. The monoisotopic (exact) mass is 248 g/mol. The van der Waals surface area contributed by atoms with E-state index < -0.39 is 0 Å². The van der Waals surface area contributed by atoms with E-state index in [9.17, 15) is 0 Å². The predicted octanol–water partition coefficient (Wildman–Crippen LogP) is 4.72. The Morgan fingerprint density at radius 3 is 3.16 bits per heavy atom. The van der Waals surface area contributed by atoms with E-state index >= 15 is 0 Å². The number of fused-ring (bicyclic) bond motifs is 1. The SMILES string of the molecule is CC12CC=CCCC1(C#C/C1=C/C=C\C=C=CC1)C2. The molecule has 0 aliphatic heterocycles. The van der Waals surface area contributed by atoms with Crippen LogP contribution in [0.2, 0.25) is 0 Å². The van der Waals surface area contributed by atoms with E-state index in [1.54, 1.807) is 0 Å². The third-order valence-electron chi connectivity index (χ3n) is 4.70. The molecule has 0 saturated heterocycles. The van der Waals surface area contributed by atoms with Crippen LogP contribution in [0.25, 0.3) is 0 Å². The van der Waals surface area contributed by atoms with Gasteiger partial charge in [0.05, 0.1) is 0 Å². The molecular weight excluding hydrogens is 228 g/mol. The topological polar surface area (TPSA) is 0 Å². The van der Waals surface area contributed by atoms with Crippen LogP contribution < -0.4 is 0 Å². The van der Waals surface area contributed by atoms with Crippen LogP contribution in [0.4, 0.5) is 0 Å². The van der Waals surface area contributed by atoms with Gasteiger partial charge in [-0.3, -0.25) is 0 Å². The number of rotatable bonds is 0. The fourth-order valence-corrected chi connectivity index (χ4v) is 3.21. The van der Waals surface area contributed by atoms with Gasteiger partial charge in [0.1, 0.15) is 0 Å². The van der Waals surface area contributed by atoms with Crippen LogP contribution >= 0.6 is 0 Å². The van der Waals surface area contributed by atoms with E-state index in [1.165, 1.54) is 31.3 Å². The van der Waals surface area contributed by atoms with E-state index in [4.69, 9.17) is 0 Å². The van der Waals surface area contributed by atoms with Gasteiger partial charge in [0.15, 0.2) is 0 Å². The number of hydrogen-bond donors (Lipinski definition) is 0. The summed E-state index contributed by atoms with van der Waals surface area (Å²) in [5.41, 5.74) is 5.06. The average molecular weight is 248 g/mol. The zero-order valence-electron chi connectivity index (χ0n) is 11.6. The Balaban J connectivity index is 1.80. The maximum atomic E-state index is 3.62. The fraction of sp³-hybridized carbons (Fsp3) is 0.421. The predicted molar refractivity (Wildman–Crippen MR) is 80.4 cm³/mol. The lowest BCUT2D eigenvalue weighted by molar-refractivity contribution is 0.433. The second-order valence-corrected chi connectivity index (χ2v) is 6.10. The first-order valence-corrected chi connectivity index (χ1v) is 7.19. The number of hydrogen-bond acceptors (Lipinski definition) is 0. The summed E-state index contributed by atoms with van der Waals surface area (Å²) >= 11 is 0. The van der Waals surface area contributed by atoms with Crippen molar-refractivity contribution in [1.82, 2.24) is 0 Å². The van der Waals surface area contributed by atoms with Gasteiger partial charge in [-0.2, -0.15) is 0 Å². The average Bonchev–Trinajstić information content (AvgIpc) is 2.95. The molecule has 0 bridgehead atoms. The van der Waals surface area contributed by atoms with Crippen molar-refractivity contribution in [1.29, 1.82) is 0 Å². The summed E-state index contributed by atoms with van der Waals surface area (Å²) in [6, 6.07) is 0. The standard InChI is InChI=1S/C19H20/c1-18-13-8-5-9-14-19(18,16-18)15-12-17-10-6-3-2-4-7-11-17/h2-3,5-8,10H,9,11,13-14,16H2,1H3/b6-3-,17-10+. The molecule has 2 atom stereocenters. The highest BCUT2D eigenvalue weighted by Crippen LogP contribution is 2.68. The Hall–Kier alpha value is -1.70. The van der Waals surface area contributed by atoms with Crippen LogP contribution in [0.3, 0.4) is 0 Å². The third kappa shape index (κ3) is 2.40. The summed E-state index contributed by atoms with van der Waals surface area (Å²) in [6.07, 6.45) is 20.7. The van der Waals surface area contributed by atoms with Crippen molar-refractivity contribution in [2.45, 2.75) is 39.0 Å². The molecule has 0 heterocycles. The third-order valence-corrected chi connectivity index (χ3v) is 4.70. The van der Waals surface area contributed by atoms with E-state index in [2.05, 4.69) is 54.9 Å². The molecule has 2 unspecified atom stereocenters. The van der Waals surface area contributed by atoms with E-state index in [1.807, 2.05) is 12.2 Å². The molecule has 96 valence electrons. The molecule has 0 aromatic carbocycles. The van der Waals surface area contributed by atoms with Crippen molar-refractivity contribution in [3.8, 4) is 11.8 Å². The molecule has 0 aromatic heterocycles. The van der Waals surface area contributed by atoms with Gasteiger partial charge in [-0.15, -0.1) is 5.73 Å². The zero-order valence-corrected chi connectivity index (χ0v) is 11.6. The molecule has 3 aliphatic rings. The Morgan fingerprint density at radius 1 is 1.26 bits per heavy atom. The van der Waals surface area contributed by atoms with Crippen molar-refractivity contribution >= 4 is 0 Å². The lowest BCUT2D eigenvalue weighted by Crippen LogP contribution is -2.07. The van der Waals surface area contributed by atoms with Gasteiger partial charge in [-0.25, -0.2) is 0 Å². The minimum Gasteiger partial charge on any atom is -0.125 e. The van der Waals surface area contributed by atoms with Crippen LogP contribution in [0, 0.1) is 22.7 Å². The minimum atomic E-state index is 0.281. The van der Waals surface area contributed by atoms with E-state index in [-0.39, 0.29) is 5.41 Å². The second kappa shape index (κ2) is 4.76. The minimum absolute atomic E-state index is 0.281. The zero-order chi connectivity index (χ0) is 13.2. The molecule has 0 amide bonds. The second-order valence-electron chi connectivity index (χ2n) is 6.10. The van der Waals surface area contributed by atoms with Crippen molar-refractivity contribution in [2.75, 3.05) is 0 Å². The van der Waals surface area contributed by atoms with Crippen LogP contribution in [0.5, 0.6) is 0 Å². The molecule has 0 heteroatoms. The molecule has 3 aliphatic carbocycles. The van der Waals surface area contributed by atoms with Crippen molar-refractivity contribution < 1.29 is 0 Å². The first-order chi connectivity index (χ1) is 9.24. The van der Waals surface area contributed by atoms with Gasteiger partial charge in [-0.1, -0.05) is 49.1 Å². The van der Waals surface area contributed by atoms with Crippen LogP contribution in [0.15, 0.2) is 53.8 Å². The molecule has 0 N–H and O–H groups in total. The largest absolute Gasteiger partial charge is 0.125 e. The summed E-state index contributed by atoms with van der Waals surface area (Å²) < 4.78 is 0. The molecule has 0 spiro atoms. The Labute approximate surface area is 116 Å². The van der Waals surface area contributed by atoms with Crippen molar-refractivity contribution in [3.05, 3.63) is 53.8 Å². The Kier molecular flexibility index (Phi) is 3.09. The van der Waals surface area contributed by atoms with Gasteiger partial charge in [-0.05, 0) is 43.3 Å².